The lowest BCUT2D eigenvalue weighted by atomic mass is 10.1. The lowest BCUT2D eigenvalue weighted by molar-refractivity contribution is -0.116. The SMILES string of the molecule is CCN(c1ccc(NC2=CC(=O)C(N(C)C)=CC2=O)cc1)C(C)C. The second-order valence-electron chi connectivity index (χ2n) is 6.26. The minimum Gasteiger partial charge on any atom is -0.374 e. The fraction of sp³-hybridized carbons (Fsp3) is 0.368. The Labute approximate surface area is 143 Å². The number of rotatable bonds is 6. The molecule has 0 bridgehead atoms. The summed E-state index contributed by atoms with van der Waals surface area (Å²) in [6.45, 7) is 7.36. The van der Waals surface area contributed by atoms with Gasteiger partial charge in [-0.25, -0.2) is 0 Å². The number of likely N-dealkylation sites (N-methyl/N-ethyl adjacent to an activating group) is 1. The Morgan fingerprint density at radius 1 is 1.00 bits per heavy atom. The molecule has 1 aliphatic carbocycles. The summed E-state index contributed by atoms with van der Waals surface area (Å²) in [5, 5.41) is 3.04. The Hall–Kier alpha value is -2.56. The van der Waals surface area contributed by atoms with Crippen LogP contribution >= 0.6 is 0 Å². The molecule has 0 saturated carbocycles. The van der Waals surface area contributed by atoms with Crippen molar-refractivity contribution >= 4 is 22.9 Å². The second kappa shape index (κ2) is 7.34. The van der Waals surface area contributed by atoms with Crippen molar-refractivity contribution in [3.8, 4) is 0 Å². The van der Waals surface area contributed by atoms with Crippen LogP contribution in [0.25, 0.3) is 0 Å². The molecule has 1 aliphatic rings. The molecule has 0 fully saturated rings. The quantitative estimate of drug-likeness (QED) is 0.814. The summed E-state index contributed by atoms with van der Waals surface area (Å²) in [4.78, 5) is 28.2. The van der Waals surface area contributed by atoms with Gasteiger partial charge in [0.2, 0.25) is 11.6 Å². The molecule has 5 nitrogen and oxygen atoms in total. The van der Waals surface area contributed by atoms with Crippen LogP contribution in [0.4, 0.5) is 11.4 Å². The molecule has 0 heterocycles. The number of allylic oxidation sites excluding steroid dienone is 2. The summed E-state index contributed by atoms with van der Waals surface area (Å²) in [5.74, 6) is -0.365. The Kier molecular flexibility index (Phi) is 5.44. The van der Waals surface area contributed by atoms with Gasteiger partial charge >= 0.3 is 0 Å². The third-order valence-electron chi connectivity index (χ3n) is 3.98. The zero-order chi connectivity index (χ0) is 17.9. The van der Waals surface area contributed by atoms with E-state index >= 15 is 0 Å². The number of nitrogens with zero attached hydrogens (tertiary/aromatic N) is 2. The van der Waals surface area contributed by atoms with Crippen molar-refractivity contribution < 1.29 is 9.59 Å². The summed E-state index contributed by atoms with van der Waals surface area (Å²) in [7, 11) is 3.49. The molecule has 1 aromatic rings. The first-order valence-corrected chi connectivity index (χ1v) is 8.16. The van der Waals surface area contributed by atoms with Gasteiger partial charge in [0.15, 0.2) is 0 Å². The number of nitrogens with one attached hydrogen (secondary N) is 1. The Morgan fingerprint density at radius 3 is 2.12 bits per heavy atom. The Bertz CT molecular complexity index is 685. The maximum atomic E-state index is 12.2. The maximum Gasteiger partial charge on any atom is 0.204 e. The standard InChI is InChI=1S/C19H25N3O2/c1-6-22(13(2)3)15-9-7-14(8-10-15)20-16-11-19(24)17(21(4)5)12-18(16)23/h7-13,20H,6H2,1-5H3. The highest BCUT2D eigenvalue weighted by Gasteiger charge is 2.21. The van der Waals surface area contributed by atoms with Gasteiger partial charge < -0.3 is 15.1 Å². The highest BCUT2D eigenvalue weighted by Crippen LogP contribution is 2.22. The van der Waals surface area contributed by atoms with Gasteiger partial charge in [-0.15, -0.1) is 0 Å². The largest absolute Gasteiger partial charge is 0.374 e. The monoisotopic (exact) mass is 327 g/mol. The van der Waals surface area contributed by atoms with Gasteiger partial charge in [0.1, 0.15) is 0 Å². The van der Waals surface area contributed by atoms with E-state index in [0.717, 1.165) is 17.9 Å². The number of carbonyl (C=O) groups excluding carboxylic acids is 2. The fourth-order valence-corrected chi connectivity index (χ4v) is 2.73. The van der Waals surface area contributed by atoms with Crippen LogP contribution in [0.5, 0.6) is 0 Å². The summed E-state index contributed by atoms with van der Waals surface area (Å²) in [6, 6.07) is 8.29. The van der Waals surface area contributed by atoms with Crippen molar-refractivity contribution in [2.75, 3.05) is 30.9 Å². The Morgan fingerprint density at radius 2 is 1.62 bits per heavy atom. The van der Waals surface area contributed by atoms with E-state index in [-0.39, 0.29) is 11.6 Å². The van der Waals surface area contributed by atoms with Gasteiger partial charge in [0, 0.05) is 50.2 Å². The number of benzene rings is 1. The number of carbonyl (C=O) groups is 2. The van der Waals surface area contributed by atoms with E-state index in [4.69, 9.17) is 0 Å². The molecule has 1 aromatic carbocycles. The highest BCUT2D eigenvalue weighted by atomic mass is 16.1. The van der Waals surface area contributed by atoms with E-state index in [1.54, 1.807) is 19.0 Å². The van der Waals surface area contributed by atoms with Crippen molar-refractivity contribution in [1.82, 2.24) is 4.90 Å². The lowest BCUT2D eigenvalue weighted by Crippen LogP contribution is -2.30. The van der Waals surface area contributed by atoms with Crippen molar-refractivity contribution in [1.29, 1.82) is 0 Å². The van der Waals surface area contributed by atoms with Crippen LogP contribution in [-0.4, -0.2) is 43.1 Å². The predicted molar refractivity (Wildman–Crippen MR) is 98.1 cm³/mol. The second-order valence-corrected chi connectivity index (χ2v) is 6.26. The summed E-state index contributed by atoms with van der Waals surface area (Å²) < 4.78 is 0. The molecular weight excluding hydrogens is 302 g/mol. The smallest absolute Gasteiger partial charge is 0.204 e. The van der Waals surface area contributed by atoms with E-state index < -0.39 is 0 Å². The lowest BCUT2D eigenvalue weighted by Gasteiger charge is -2.27. The number of hydrogen-bond acceptors (Lipinski definition) is 5. The molecule has 128 valence electrons. The number of hydrogen-bond donors (Lipinski definition) is 1. The van der Waals surface area contributed by atoms with Crippen LogP contribution in [0.1, 0.15) is 20.8 Å². The van der Waals surface area contributed by atoms with E-state index in [9.17, 15) is 9.59 Å². The van der Waals surface area contributed by atoms with E-state index in [2.05, 4.69) is 31.0 Å². The first-order chi connectivity index (χ1) is 11.3. The van der Waals surface area contributed by atoms with Crippen molar-refractivity contribution in [3.05, 3.63) is 47.8 Å². The molecule has 2 rings (SSSR count). The third-order valence-corrected chi connectivity index (χ3v) is 3.98. The molecule has 0 spiro atoms. The molecule has 1 N–H and O–H groups in total. The summed E-state index contributed by atoms with van der Waals surface area (Å²) >= 11 is 0. The average molecular weight is 327 g/mol. The van der Waals surface area contributed by atoms with Gasteiger partial charge in [0.25, 0.3) is 0 Å². The normalized spacial score (nSPS) is 14.4. The molecule has 24 heavy (non-hydrogen) atoms. The van der Waals surface area contributed by atoms with Crippen LogP contribution in [-0.2, 0) is 9.59 Å². The Balaban J connectivity index is 2.14. The number of anilines is 2. The van der Waals surface area contributed by atoms with Gasteiger partial charge in [-0.3, -0.25) is 9.59 Å². The number of ketones is 2. The van der Waals surface area contributed by atoms with Crippen molar-refractivity contribution in [2.24, 2.45) is 0 Å². The molecule has 0 atom stereocenters. The molecular formula is C19H25N3O2. The van der Waals surface area contributed by atoms with Crippen molar-refractivity contribution in [2.45, 2.75) is 26.8 Å². The zero-order valence-electron chi connectivity index (χ0n) is 15.0. The first-order valence-electron chi connectivity index (χ1n) is 8.16. The highest BCUT2D eigenvalue weighted by molar-refractivity contribution is 6.20. The molecule has 0 radical (unpaired) electrons. The predicted octanol–water partition coefficient (Wildman–Crippen LogP) is 2.81. The molecule has 0 saturated heterocycles. The first kappa shape index (κ1) is 17.8. The minimum atomic E-state index is -0.195. The van der Waals surface area contributed by atoms with E-state index in [0.29, 0.717) is 17.4 Å². The van der Waals surface area contributed by atoms with Crippen LogP contribution in [0.3, 0.4) is 0 Å². The zero-order valence-corrected chi connectivity index (χ0v) is 15.0. The average Bonchev–Trinajstić information content (AvgIpc) is 2.52. The van der Waals surface area contributed by atoms with Crippen LogP contribution in [0.2, 0.25) is 0 Å². The van der Waals surface area contributed by atoms with Gasteiger partial charge in [-0.05, 0) is 45.0 Å². The minimum absolute atomic E-state index is 0.171. The topological polar surface area (TPSA) is 52.7 Å². The maximum absolute atomic E-state index is 12.2. The van der Waals surface area contributed by atoms with E-state index in [1.807, 2.05) is 24.3 Å². The molecule has 5 heteroatoms. The van der Waals surface area contributed by atoms with Crippen LogP contribution in [0, 0.1) is 0 Å². The van der Waals surface area contributed by atoms with Gasteiger partial charge in [-0.2, -0.15) is 0 Å². The summed E-state index contributed by atoms with van der Waals surface area (Å²) in [6.07, 6.45) is 2.73. The molecule has 0 aromatic heterocycles. The van der Waals surface area contributed by atoms with E-state index in [1.165, 1.54) is 12.2 Å². The van der Waals surface area contributed by atoms with Crippen LogP contribution < -0.4 is 10.2 Å². The fourth-order valence-electron chi connectivity index (χ4n) is 2.73. The molecule has 0 unspecified atom stereocenters. The third kappa shape index (κ3) is 3.85. The van der Waals surface area contributed by atoms with Gasteiger partial charge in [0.05, 0.1) is 11.4 Å². The summed E-state index contributed by atoms with van der Waals surface area (Å²) in [5.41, 5.74) is 2.62. The molecule has 0 amide bonds. The molecule has 0 aliphatic heterocycles. The van der Waals surface area contributed by atoms with Crippen molar-refractivity contribution in [3.63, 3.8) is 0 Å². The van der Waals surface area contributed by atoms with Gasteiger partial charge in [-0.1, -0.05) is 0 Å². The van der Waals surface area contributed by atoms with Crippen LogP contribution in [0.15, 0.2) is 47.8 Å².